The fourth-order valence-electron chi connectivity index (χ4n) is 1.59. The third-order valence-corrected chi connectivity index (χ3v) is 2.66. The van der Waals surface area contributed by atoms with E-state index in [0.717, 1.165) is 6.07 Å². The molecule has 0 spiro atoms. The van der Waals surface area contributed by atoms with Crippen LogP contribution >= 0.6 is 0 Å². The van der Waals surface area contributed by atoms with Crippen molar-refractivity contribution >= 4 is 17.7 Å². The van der Waals surface area contributed by atoms with E-state index in [2.05, 4.69) is 20.6 Å². The zero-order chi connectivity index (χ0) is 16.0. The first-order chi connectivity index (χ1) is 9.81. The van der Waals surface area contributed by atoms with Gasteiger partial charge in [-0.2, -0.15) is 18.2 Å². The van der Waals surface area contributed by atoms with Gasteiger partial charge in [0, 0.05) is 26.2 Å². The molecule has 0 radical (unpaired) electrons. The second-order valence-electron chi connectivity index (χ2n) is 4.15. The molecule has 1 amide bonds. The van der Waals surface area contributed by atoms with Gasteiger partial charge in [-0.05, 0) is 13.8 Å². The number of nitrogens with zero attached hydrogens (tertiary/aromatic N) is 3. The Labute approximate surface area is 120 Å². The number of likely N-dealkylation sites (N-methyl/N-ethyl adjacent to an activating group) is 2. The van der Waals surface area contributed by atoms with E-state index < -0.39 is 11.9 Å². The molecule has 1 aromatic heterocycles. The van der Waals surface area contributed by atoms with E-state index in [-0.39, 0.29) is 24.2 Å². The Kier molecular flexibility index (Phi) is 5.74. The number of rotatable bonds is 6. The van der Waals surface area contributed by atoms with Gasteiger partial charge in [0.25, 0.3) is 0 Å². The van der Waals surface area contributed by atoms with Gasteiger partial charge in [-0.25, -0.2) is 4.98 Å². The van der Waals surface area contributed by atoms with Crippen LogP contribution in [0.5, 0.6) is 0 Å². The van der Waals surface area contributed by atoms with Gasteiger partial charge >= 0.3 is 6.18 Å². The molecule has 0 saturated heterocycles. The smallest absolute Gasteiger partial charge is 0.358 e. The number of hydrogen-bond donors (Lipinski definition) is 2. The summed E-state index contributed by atoms with van der Waals surface area (Å²) in [4.78, 5) is 20.3. The van der Waals surface area contributed by atoms with Gasteiger partial charge in [0.05, 0.1) is 6.54 Å². The van der Waals surface area contributed by atoms with Crippen molar-refractivity contribution < 1.29 is 18.0 Å². The Morgan fingerprint density at radius 2 is 2.00 bits per heavy atom. The zero-order valence-corrected chi connectivity index (χ0v) is 12.1. The molecule has 118 valence electrons. The highest BCUT2D eigenvalue weighted by Gasteiger charge is 2.34. The molecule has 0 aliphatic carbocycles. The largest absolute Gasteiger partial charge is 0.433 e. The van der Waals surface area contributed by atoms with Crippen LogP contribution in [-0.4, -0.2) is 42.6 Å². The summed E-state index contributed by atoms with van der Waals surface area (Å²) in [5.41, 5.74) is -1.04. The number of amides is 1. The zero-order valence-electron chi connectivity index (χ0n) is 12.1. The number of nitrogens with one attached hydrogen (secondary N) is 2. The lowest BCUT2D eigenvalue weighted by Gasteiger charge is -2.22. The van der Waals surface area contributed by atoms with Gasteiger partial charge < -0.3 is 15.5 Å². The molecule has 0 saturated carbocycles. The lowest BCUT2D eigenvalue weighted by molar-refractivity contribution is -0.141. The van der Waals surface area contributed by atoms with Crippen LogP contribution in [-0.2, 0) is 11.0 Å². The molecule has 0 aliphatic rings. The summed E-state index contributed by atoms with van der Waals surface area (Å²) in [7, 11) is 1.46. The normalized spacial score (nSPS) is 11.1. The first kappa shape index (κ1) is 17.0. The minimum absolute atomic E-state index is 0.0550. The van der Waals surface area contributed by atoms with Crippen LogP contribution < -0.4 is 15.5 Å². The molecule has 0 bridgehead atoms. The highest BCUT2D eigenvalue weighted by Crippen LogP contribution is 2.30. The van der Waals surface area contributed by atoms with Gasteiger partial charge in [-0.15, -0.1) is 0 Å². The average molecular weight is 305 g/mol. The Morgan fingerprint density at radius 1 is 1.33 bits per heavy atom. The van der Waals surface area contributed by atoms with Gasteiger partial charge in [0.15, 0.2) is 5.69 Å². The summed E-state index contributed by atoms with van der Waals surface area (Å²) in [6.07, 6.45) is -4.58. The topological polar surface area (TPSA) is 70.2 Å². The third-order valence-electron chi connectivity index (χ3n) is 2.66. The summed E-state index contributed by atoms with van der Waals surface area (Å²) in [6.45, 7) is 4.11. The van der Waals surface area contributed by atoms with Crippen LogP contribution in [0.1, 0.15) is 19.5 Å². The van der Waals surface area contributed by atoms with E-state index >= 15 is 0 Å². The second kappa shape index (κ2) is 7.09. The SMILES string of the molecule is CCNc1nc(N(CC)CC(=O)NC)cc(C(F)(F)F)n1. The van der Waals surface area contributed by atoms with Crippen molar-refractivity contribution in [2.45, 2.75) is 20.0 Å². The van der Waals surface area contributed by atoms with E-state index in [1.165, 1.54) is 11.9 Å². The van der Waals surface area contributed by atoms with Crippen LogP contribution in [0.2, 0.25) is 0 Å². The fraction of sp³-hybridized carbons (Fsp3) is 0.583. The predicted octanol–water partition coefficient (Wildman–Crippen LogP) is 1.50. The average Bonchev–Trinajstić information content (AvgIpc) is 2.43. The van der Waals surface area contributed by atoms with Crippen molar-refractivity contribution in [2.75, 3.05) is 36.9 Å². The maximum Gasteiger partial charge on any atom is 0.433 e. The number of carbonyl (C=O) groups is 1. The van der Waals surface area contributed by atoms with E-state index in [9.17, 15) is 18.0 Å². The van der Waals surface area contributed by atoms with E-state index in [0.29, 0.717) is 13.1 Å². The number of alkyl halides is 3. The van der Waals surface area contributed by atoms with Gasteiger partial charge in [-0.1, -0.05) is 0 Å². The summed E-state index contributed by atoms with van der Waals surface area (Å²) >= 11 is 0. The summed E-state index contributed by atoms with van der Waals surface area (Å²) in [5, 5.41) is 5.08. The Balaban J connectivity index is 3.19. The summed E-state index contributed by atoms with van der Waals surface area (Å²) in [6, 6.07) is 0.841. The van der Waals surface area contributed by atoms with Crippen LogP contribution in [0.25, 0.3) is 0 Å². The third kappa shape index (κ3) is 4.76. The van der Waals surface area contributed by atoms with Gasteiger partial charge in [0.1, 0.15) is 5.82 Å². The van der Waals surface area contributed by atoms with Crippen molar-refractivity contribution in [3.8, 4) is 0 Å². The molecular formula is C12H18F3N5O. The highest BCUT2D eigenvalue weighted by molar-refractivity contribution is 5.80. The molecule has 1 aromatic rings. The van der Waals surface area contributed by atoms with Gasteiger partial charge in [0.2, 0.25) is 11.9 Å². The lowest BCUT2D eigenvalue weighted by Crippen LogP contribution is -2.36. The van der Waals surface area contributed by atoms with Crippen LogP contribution in [0.3, 0.4) is 0 Å². The number of hydrogen-bond acceptors (Lipinski definition) is 5. The molecule has 9 heteroatoms. The molecule has 0 fully saturated rings. The van der Waals surface area contributed by atoms with Crippen molar-refractivity contribution in [2.24, 2.45) is 0 Å². The molecule has 1 heterocycles. The molecule has 1 rings (SSSR count). The predicted molar refractivity (Wildman–Crippen MR) is 73.2 cm³/mol. The van der Waals surface area contributed by atoms with E-state index in [1.54, 1.807) is 13.8 Å². The molecule has 2 N–H and O–H groups in total. The second-order valence-corrected chi connectivity index (χ2v) is 4.15. The monoisotopic (exact) mass is 305 g/mol. The number of halogens is 3. The summed E-state index contributed by atoms with van der Waals surface area (Å²) in [5.74, 6) is -0.369. The first-order valence-electron chi connectivity index (χ1n) is 6.47. The number of anilines is 2. The standard InChI is InChI=1S/C12H18F3N5O/c1-4-17-11-18-8(12(13,14)15)6-9(19-11)20(5-2)7-10(21)16-3/h6H,4-5,7H2,1-3H3,(H,16,21)(H,17,18,19). The van der Waals surface area contributed by atoms with Crippen molar-refractivity contribution in [1.82, 2.24) is 15.3 Å². The van der Waals surface area contributed by atoms with Crippen molar-refractivity contribution in [3.05, 3.63) is 11.8 Å². The minimum atomic E-state index is -4.58. The molecule has 0 aromatic carbocycles. The highest BCUT2D eigenvalue weighted by atomic mass is 19.4. The van der Waals surface area contributed by atoms with Crippen LogP contribution in [0.15, 0.2) is 6.07 Å². The lowest BCUT2D eigenvalue weighted by atomic mass is 10.3. The van der Waals surface area contributed by atoms with E-state index in [4.69, 9.17) is 0 Å². The van der Waals surface area contributed by atoms with Crippen LogP contribution in [0.4, 0.5) is 24.9 Å². The Morgan fingerprint density at radius 3 is 2.48 bits per heavy atom. The Hall–Kier alpha value is -2.06. The van der Waals surface area contributed by atoms with Crippen LogP contribution in [0, 0.1) is 0 Å². The molecule has 6 nitrogen and oxygen atoms in total. The molecule has 21 heavy (non-hydrogen) atoms. The van der Waals surface area contributed by atoms with Gasteiger partial charge in [-0.3, -0.25) is 4.79 Å². The number of carbonyl (C=O) groups excluding carboxylic acids is 1. The fourth-order valence-corrected chi connectivity index (χ4v) is 1.59. The molecule has 0 unspecified atom stereocenters. The summed E-state index contributed by atoms with van der Waals surface area (Å²) < 4.78 is 38.6. The van der Waals surface area contributed by atoms with Crippen molar-refractivity contribution in [3.63, 3.8) is 0 Å². The molecule has 0 atom stereocenters. The van der Waals surface area contributed by atoms with Crippen molar-refractivity contribution in [1.29, 1.82) is 0 Å². The molecular weight excluding hydrogens is 287 g/mol. The first-order valence-corrected chi connectivity index (χ1v) is 6.47. The minimum Gasteiger partial charge on any atom is -0.358 e. The number of aromatic nitrogens is 2. The van der Waals surface area contributed by atoms with E-state index in [1.807, 2.05) is 0 Å². The quantitative estimate of drug-likeness (QED) is 0.833. The maximum atomic E-state index is 12.9. The Bertz CT molecular complexity index is 492. The molecule has 0 aliphatic heterocycles. The maximum absolute atomic E-state index is 12.9.